The van der Waals surface area contributed by atoms with Crippen LogP contribution in [0.15, 0.2) is 0 Å². The van der Waals surface area contributed by atoms with Gasteiger partial charge in [-0.15, -0.1) is 0 Å². The van der Waals surface area contributed by atoms with Crippen LogP contribution in [0.25, 0.3) is 0 Å². The lowest BCUT2D eigenvalue weighted by molar-refractivity contribution is -0.238. The molecule has 0 amide bonds. The molecule has 1 fully saturated rings. The van der Waals surface area contributed by atoms with Crippen molar-refractivity contribution in [2.24, 2.45) is 0 Å². The van der Waals surface area contributed by atoms with Crippen molar-refractivity contribution in [3.8, 4) is 0 Å². The summed E-state index contributed by atoms with van der Waals surface area (Å²) in [6.45, 7) is 5.55. The molecule has 0 spiro atoms. The molecule has 8 heteroatoms. The number of esters is 1. The molecule has 1 heterocycles. The van der Waals surface area contributed by atoms with Crippen LogP contribution >= 0.6 is 0 Å². The Labute approximate surface area is 141 Å². The molecule has 2 N–H and O–H groups in total. The predicted octanol–water partition coefficient (Wildman–Crippen LogP) is 1.95. The number of aliphatic carboxylic acids is 2. The van der Waals surface area contributed by atoms with E-state index < -0.39 is 35.4 Å². The first kappa shape index (κ1) is 20.4. The van der Waals surface area contributed by atoms with Gasteiger partial charge in [-0.1, -0.05) is 0 Å². The number of ether oxygens (including phenoxy) is 3. The Morgan fingerprint density at radius 1 is 1.12 bits per heavy atom. The van der Waals surface area contributed by atoms with Crippen LogP contribution in [0.4, 0.5) is 0 Å². The highest BCUT2D eigenvalue weighted by atomic mass is 16.7. The van der Waals surface area contributed by atoms with Crippen molar-refractivity contribution < 1.29 is 38.8 Å². The fraction of sp³-hybridized carbons (Fsp3) is 0.812. The zero-order valence-electron chi connectivity index (χ0n) is 14.4. The standard InChI is InChI=1S/C16H26O8/c1-15(2,3)23-11(17)7-6-9-16(13(18)19,14(20)21)24-12-8-4-5-10-22-12/h12H,4-10H2,1-3H3,(H,18,19)(H,20,21). The topological polar surface area (TPSA) is 119 Å². The van der Waals surface area contributed by atoms with Gasteiger partial charge in [-0.3, -0.25) is 4.79 Å². The van der Waals surface area contributed by atoms with Gasteiger partial charge in [-0.05, 0) is 52.9 Å². The monoisotopic (exact) mass is 346 g/mol. The molecule has 1 rings (SSSR count). The van der Waals surface area contributed by atoms with Crippen LogP contribution in [0, 0.1) is 0 Å². The van der Waals surface area contributed by atoms with Gasteiger partial charge in [0.1, 0.15) is 5.60 Å². The normalized spacial score (nSPS) is 18.9. The highest BCUT2D eigenvalue weighted by Crippen LogP contribution is 2.27. The van der Waals surface area contributed by atoms with Gasteiger partial charge in [0, 0.05) is 13.0 Å². The first-order valence-electron chi connectivity index (χ1n) is 8.05. The molecule has 0 aromatic heterocycles. The minimum absolute atomic E-state index is 0.0141. The summed E-state index contributed by atoms with van der Waals surface area (Å²) >= 11 is 0. The van der Waals surface area contributed by atoms with Gasteiger partial charge < -0.3 is 24.4 Å². The van der Waals surface area contributed by atoms with Gasteiger partial charge in [0.2, 0.25) is 0 Å². The largest absolute Gasteiger partial charge is 0.479 e. The summed E-state index contributed by atoms with van der Waals surface area (Å²) in [5.74, 6) is -3.72. The zero-order valence-corrected chi connectivity index (χ0v) is 14.4. The molecular formula is C16H26O8. The molecule has 0 radical (unpaired) electrons. The molecule has 1 aliphatic rings. The van der Waals surface area contributed by atoms with E-state index >= 15 is 0 Å². The van der Waals surface area contributed by atoms with Crippen molar-refractivity contribution in [3.05, 3.63) is 0 Å². The van der Waals surface area contributed by atoms with Gasteiger partial charge in [-0.2, -0.15) is 0 Å². The van der Waals surface area contributed by atoms with E-state index in [4.69, 9.17) is 14.2 Å². The second-order valence-corrected chi connectivity index (χ2v) is 6.79. The predicted molar refractivity (Wildman–Crippen MR) is 82.4 cm³/mol. The molecule has 1 unspecified atom stereocenters. The van der Waals surface area contributed by atoms with Gasteiger partial charge in [0.15, 0.2) is 6.29 Å². The smallest absolute Gasteiger partial charge is 0.347 e. The Morgan fingerprint density at radius 2 is 1.75 bits per heavy atom. The van der Waals surface area contributed by atoms with Crippen molar-refractivity contribution in [2.45, 2.75) is 76.8 Å². The molecule has 0 saturated carbocycles. The number of carboxylic acids is 2. The molecular weight excluding hydrogens is 320 g/mol. The van der Waals surface area contributed by atoms with Crippen LogP contribution in [0.3, 0.4) is 0 Å². The van der Waals surface area contributed by atoms with E-state index in [9.17, 15) is 24.6 Å². The minimum atomic E-state index is -2.43. The summed E-state index contributed by atoms with van der Waals surface area (Å²) in [5.41, 5.74) is -3.08. The molecule has 138 valence electrons. The van der Waals surface area contributed by atoms with Crippen LogP contribution in [-0.2, 0) is 28.6 Å². The second kappa shape index (κ2) is 8.43. The molecule has 8 nitrogen and oxygen atoms in total. The van der Waals surface area contributed by atoms with Crippen LogP contribution < -0.4 is 0 Å². The Balaban J connectivity index is 2.70. The summed E-state index contributed by atoms with van der Waals surface area (Å²) in [7, 11) is 0. The number of carbonyl (C=O) groups is 3. The van der Waals surface area contributed by atoms with E-state index in [2.05, 4.69) is 0 Å². The summed E-state index contributed by atoms with van der Waals surface area (Å²) in [4.78, 5) is 34.8. The third-order valence-corrected chi connectivity index (χ3v) is 3.49. The maximum atomic E-state index is 11.7. The maximum Gasteiger partial charge on any atom is 0.347 e. The molecule has 1 aliphatic heterocycles. The second-order valence-electron chi connectivity index (χ2n) is 6.79. The minimum Gasteiger partial charge on any atom is -0.479 e. The Hall–Kier alpha value is -1.67. The van der Waals surface area contributed by atoms with Crippen molar-refractivity contribution in [2.75, 3.05) is 6.61 Å². The SMILES string of the molecule is CC(C)(C)OC(=O)CCCC(OC1CCCCO1)(C(=O)O)C(=O)O. The Morgan fingerprint density at radius 3 is 2.21 bits per heavy atom. The Bertz CT molecular complexity index is 445. The maximum absolute atomic E-state index is 11.7. The first-order valence-corrected chi connectivity index (χ1v) is 8.05. The van der Waals surface area contributed by atoms with Gasteiger partial charge >= 0.3 is 17.9 Å². The van der Waals surface area contributed by atoms with Crippen molar-refractivity contribution >= 4 is 17.9 Å². The van der Waals surface area contributed by atoms with Crippen LogP contribution in [0.5, 0.6) is 0 Å². The summed E-state index contributed by atoms with van der Waals surface area (Å²) in [6.07, 6.45) is 0.746. The highest BCUT2D eigenvalue weighted by Gasteiger charge is 2.50. The van der Waals surface area contributed by atoms with E-state index in [1.165, 1.54) is 0 Å². The molecule has 0 aromatic rings. The summed E-state index contributed by atoms with van der Waals surface area (Å²) in [5, 5.41) is 18.8. The lowest BCUT2D eigenvalue weighted by atomic mass is 9.96. The van der Waals surface area contributed by atoms with E-state index in [0.717, 1.165) is 12.8 Å². The summed E-state index contributed by atoms with van der Waals surface area (Å²) in [6, 6.07) is 0. The average molecular weight is 346 g/mol. The van der Waals surface area contributed by atoms with Crippen molar-refractivity contribution in [1.29, 1.82) is 0 Å². The molecule has 0 bridgehead atoms. The van der Waals surface area contributed by atoms with Gasteiger partial charge in [-0.25, -0.2) is 9.59 Å². The fourth-order valence-electron chi connectivity index (χ4n) is 2.37. The number of carboxylic acid groups (broad SMARTS) is 2. The van der Waals surface area contributed by atoms with Crippen LogP contribution in [0.1, 0.15) is 59.3 Å². The quantitative estimate of drug-likeness (QED) is 0.505. The molecule has 1 saturated heterocycles. The van der Waals surface area contributed by atoms with Crippen LogP contribution in [-0.4, -0.2) is 52.2 Å². The number of hydrogen-bond acceptors (Lipinski definition) is 6. The van der Waals surface area contributed by atoms with E-state index in [0.29, 0.717) is 13.0 Å². The molecule has 0 aromatic carbocycles. The lowest BCUT2D eigenvalue weighted by Crippen LogP contribution is -2.52. The van der Waals surface area contributed by atoms with Gasteiger partial charge in [0.25, 0.3) is 5.60 Å². The number of rotatable bonds is 8. The molecule has 1 atom stereocenters. The third kappa shape index (κ3) is 6.09. The third-order valence-electron chi connectivity index (χ3n) is 3.49. The zero-order chi connectivity index (χ0) is 18.4. The van der Waals surface area contributed by atoms with Crippen molar-refractivity contribution in [1.82, 2.24) is 0 Å². The number of carbonyl (C=O) groups excluding carboxylic acids is 1. The summed E-state index contributed by atoms with van der Waals surface area (Å²) < 4.78 is 15.7. The average Bonchev–Trinajstić information content (AvgIpc) is 2.44. The van der Waals surface area contributed by atoms with E-state index in [1.807, 2.05) is 0 Å². The van der Waals surface area contributed by atoms with Crippen LogP contribution in [0.2, 0.25) is 0 Å². The van der Waals surface area contributed by atoms with Crippen molar-refractivity contribution in [3.63, 3.8) is 0 Å². The van der Waals surface area contributed by atoms with E-state index in [-0.39, 0.29) is 19.3 Å². The molecule has 0 aliphatic carbocycles. The lowest BCUT2D eigenvalue weighted by Gasteiger charge is -2.32. The van der Waals surface area contributed by atoms with E-state index in [1.54, 1.807) is 20.8 Å². The highest BCUT2D eigenvalue weighted by molar-refractivity contribution is 6.01. The number of hydrogen-bond donors (Lipinski definition) is 2. The Kier molecular flexibility index (Phi) is 7.16. The molecule has 24 heavy (non-hydrogen) atoms. The van der Waals surface area contributed by atoms with Gasteiger partial charge in [0.05, 0.1) is 0 Å². The fourth-order valence-corrected chi connectivity index (χ4v) is 2.37. The first-order chi connectivity index (χ1) is 11.1.